The number of hydrogen-bond donors (Lipinski definition) is 0. The number of sulfonamides is 1. The Kier molecular flexibility index (Phi) is 7.73. The molecule has 1 fully saturated rings. The van der Waals surface area contributed by atoms with Crippen LogP contribution in [0.2, 0.25) is 10.0 Å². The van der Waals surface area contributed by atoms with E-state index in [1.165, 1.54) is 39.0 Å². The lowest BCUT2D eigenvalue weighted by Gasteiger charge is -2.34. The van der Waals surface area contributed by atoms with Crippen LogP contribution < -0.4 is 4.90 Å². The van der Waals surface area contributed by atoms with Crippen molar-refractivity contribution in [2.75, 3.05) is 31.1 Å². The maximum Gasteiger partial charge on any atom is 0.260 e. The zero-order chi connectivity index (χ0) is 31.4. The van der Waals surface area contributed by atoms with Crippen molar-refractivity contribution in [3.63, 3.8) is 0 Å². The maximum absolute atomic E-state index is 14.3. The molecule has 0 spiro atoms. The van der Waals surface area contributed by atoms with Gasteiger partial charge in [0.15, 0.2) is 5.03 Å². The minimum absolute atomic E-state index is 0.108. The van der Waals surface area contributed by atoms with Gasteiger partial charge in [0.05, 0.1) is 18.1 Å². The van der Waals surface area contributed by atoms with Crippen LogP contribution in [-0.2, 0) is 31.6 Å². The van der Waals surface area contributed by atoms with E-state index in [0.29, 0.717) is 21.3 Å². The zero-order valence-corrected chi connectivity index (χ0v) is 26.1. The van der Waals surface area contributed by atoms with Gasteiger partial charge in [-0.2, -0.15) is 4.31 Å². The zero-order valence-electron chi connectivity index (χ0n) is 23.7. The fourth-order valence-electron chi connectivity index (χ4n) is 5.77. The molecule has 0 bridgehead atoms. The number of halogens is 3. The van der Waals surface area contributed by atoms with Crippen LogP contribution in [0.3, 0.4) is 0 Å². The number of imidazole rings is 1. The minimum atomic E-state index is -4.13. The number of anilines is 2. The molecular formula is C30H27Cl2FN6O4S. The summed E-state index contributed by atoms with van der Waals surface area (Å²) in [6.45, 7) is 3.85. The lowest BCUT2D eigenvalue weighted by atomic mass is 9.91. The van der Waals surface area contributed by atoms with Crippen molar-refractivity contribution >= 4 is 56.7 Å². The lowest BCUT2D eigenvalue weighted by molar-refractivity contribution is -0.130. The molecule has 0 radical (unpaired) electrons. The minimum Gasteiger partial charge on any atom is -0.340 e. The molecule has 0 unspecified atom stereocenters. The van der Waals surface area contributed by atoms with E-state index in [4.69, 9.17) is 23.2 Å². The van der Waals surface area contributed by atoms with Gasteiger partial charge in [0.1, 0.15) is 11.4 Å². The van der Waals surface area contributed by atoms with Gasteiger partial charge in [-0.3, -0.25) is 19.1 Å². The first-order valence-electron chi connectivity index (χ1n) is 13.7. The van der Waals surface area contributed by atoms with E-state index in [9.17, 15) is 22.4 Å². The lowest BCUT2D eigenvalue weighted by Crippen LogP contribution is -2.50. The molecule has 10 nitrogen and oxygen atoms in total. The van der Waals surface area contributed by atoms with E-state index in [1.54, 1.807) is 42.3 Å². The molecule has 1 saturated heterocycles. The van der Waals surface area contributed by atoms with Crippen LogP contribution in [0.1, 0.15) is 19.4 Å². The average Bonchev–Trinajstić information content (AvgIpc) is 3.51. The smallest absolute Gasteiger partial charge is 0.260 e. The Morgan fingerprint density at radius 3 is 2.23 bits per heavy atom. The van der Waals surface area contributed by atoms with Gasteiger partial charge >= 0.3 is 0 Å². The fraction of sp³-hybridized carbons (Fsp3) is 0.267. The van der Waals surface area contributed by atoms with Crippen molar-refractivity contribution < 1.29 is 22.4 Å². The second-order valence-corrected chi connectivity index (χ2v) is 13.7. The Morgan fingerprint density at radius 1 is 0.955 bits per heavy atom. The third-order valence-corrected chi connectivity index (χ3v) is 10.3. The topological polar surface area (TPSA) is 109 Å². The molecule has 1 atom stereocenters. The van der Waals surface area contributed by atoms with E-state index in [0.717, 1.165) is 17.3 Å². The van der Waals surface area contributed by atoms with Gasteiger partial charge in [0.2, 0.25) is 11.9 Å². The maximum atomic E-state index is 14.3. The van der Waals surface area contributed by atoms with Crippen molar-refractivity contribution in [1.82, 2.24) is 23.7 Å². The van der Waals surface area contributed by atoms with Gasteiger partial charge in [0, 0.05) is 61.3 Å². The Balaban J connectivity index is 1.42. The van der Waals surface area contributed by atoms with Crippen LogP contribution >= 0.6 is 23.2 Å². The summed E-state index contributed by atoms with van der Waals surface area (Å²) >= 11 is 12.6. The summed E-state index contributed by atoms with van der Waals surface area (Å²) in [7, 11) is -4.13. The molecule has 4 aromatic rings. The van der Waals surface area contributed by atoms with Gasteiger partial charge < -0.3 is 4.90 Å². The van der Waals surface area contributed by atoms with Crippen LogP contribution in [-0.4, -0.2) is 70.2 Å². The van der Waals surface area contributed by atoms with Crippen molar-refractivity contribution in [2.24, 2.45) is 0 Å². The number of rotatable bonds is 6. The summed E-state index contributed by atoms with van der Waals surface area (Å²) in [5, 5.41) is 0.453. The first-order chi connectivity index (χ1) is 20.9. The van der Waals surface area contributed by atoms with Gasteiger partial charge in [-0.1, -0.05) is 47.5 Å². The highest BCUT2D eigenvalue weighted by atomic mass is 35.5. The molecule has 0 N–H and O–H groups in total. The second-order valence-electron chi connectivity index (χ2n) is 10.9. The summed E-state index contributed by atoms with van der Waals surface area (Å²) in [5.74, 6) is -0.892. The highest BCUT2D eigenvalue weighted by Gasteiger charge is 2.52. The largest absolute Gasteiger partial charge is 0.340 e. The predicted molar refractivity (Wildman–Crippen MR) is 164 cm³/mol. The van der Waals surface area contributed by atoms with Gasteiger partial charge in [-0.05, 0) is 42.3 Å². The van der Waals surface area contributed by atoms with Crippen LogP contribution in [0, 0.1) is 5.82 Å². The van der Waals surface area contributed by atoms with Gasteiger partial charge in [-0.25, -0.2) is 22.7 Å². The van der Waals surface area contributed by atoms with Crippen LogP contribution in [0.25, 0.3) is 11.1 Å². The monoisotopic (exact) mass is 656 g/mol. The highest BCUT2D eigenvalue weighted by Crippen LogP contribution is 2.45. The number of nitrogens with zero attached hydrogens (tertiary/aromatic N) is 6. The van der Waals surface area contributed by atoms with E-state index < -0.39 is 27.3 Å². The van der Waals surface area contributed by atoms with E-state index in [-0.39, 0.29) is 49.5 Å². The quantitative estimate of drug-likeness (QED) is 0.293. The number of hydrogen-bond acceptors (Lipinski definition) is 6. The van der Waals surface area contributed by atoms with Crippen molar-refractivity contribution in [3.8, 4) is 11.1 Å². The van der Waals surface area contributed by atoms with Crippen LogP contribution in [0.5, 0.6) is 0 Å². The molecule has 14 heteroatoms. The van der Waals surface area contributed by atoms with Crippen LogP contribution in [0.4, 0.5) is 16.0 Å². The number of fused-ring (bicyclic) bond motifs is 1. The predicted octanol–water partition coefficient (Wildman–Crippen LogP) is 4.88. The van der Waals surface area contributed by atoms with E-state index >= 15 is 0 Å². The number of pyridine rings is 1. The van der Waals surface area contributed by atoms with Gasteiger partial charge in [-0.15, -0.1) is 0 Å². The molecule has 44 heavy (non-hydrogen) atoms. The number of carbonyl (C=O) groups excluding carboxylic acids is 2. The molecule has 2 aromatic heterocycles. The first kappa shape index (κ1) is 30.2. The second kappa shape index (κ2) is 11.3. The average molecular weight is 658 g/mol. The Bertz CT molecular complexity index is 1870. The van der Waals surface area contributed by atoms with Crippen molar-refractivity contribution in [3.05, 3.63) is 88.5 Å². The van der Waals surface area contributed by atoms with Gasteiger partial charge in [0.25, 0.3) is 15.9 Å². The number of piperazine rings is 1. The van der Waals surface area contributed by atoms with E-state index in [2.05, 4.69) is 9.97 Å². The molecule has 4 heterocycles. The number of amides is 2. The standard InChI is InChI=1S/C30H27Cl2FN6O4S/c1-19(40)36-7-9-37(10-8-36)44(42,43)27-18-35-29-38(26-13-23(31)12-24(32)14-26)28(41)30(2,39(27)29)15-20-3-5-21(6-4-20)22-11-25(33)17-34-16-22/h3-6,11-14,16-18H,7-10,15H2,1-2H3/t30-/m1/s1. The summed E-state index contributed by atoms with van der Waals surface area (Å²) in [6, 6.07) is 13.2. The molecule has 6 rings (SSSR count). The molecule has 2 aliphatic rings. The number of benzene rings is 2. The third kappa shape index (κ3) is 5.25. The molecule has 2 amide bonds. The summed E-state index contributed by atoms with van der Waals surface area (Å²) in [4.78, 5) is 37.4. The highest BCUT2D eigenvalue weighted by molar-refractivity contribution is 7.89. The van der Waals surface area contributed by atoms with E-state index in [1.807, 2.05) is 12.1 Å². The molecule has 0 aliphatic carbocycles. The SMILES string of the molecule is CC(=O)N1CCN(S(=O)(=O)c2cnc3n2[C@](C)(Cc2ccc(-c4cncc(F)c4)cc2)C(=O)N3c2cc(Cl)cc(Cl)c2)CC1. The first-order valence-corrected chi connectivity index (χ1v) is 15.9. The summed E-state index contributed by atoms with van der Waals surface area (Å²) in [6.07, 6.45) is 4.05. The summed E-state index contributed by atoms with van der Waals surface area (Å²) < 4.78 is 44.7. The summed E-state index contributed by atoms with van der Waals surface area (Å²) in [5.41, 5.74) is 0.981. The molecule has 228 valence electrons. The Hall–Kier alpha value is -3.84. The van der Waals surface area contributed by atoms with Crippen molar-refractivity contribution in [2.45, 2.75) is 30.8 Å². The Labute approximate surface area is 263 Å². The molecule has 2 aliphatic heterocycles. The van der Waals surface area contributed by atoms with Crippen molar-refractivity contribution in [1.29, 1.82) is 0 Å². The van der Waals surface area contributed by atoms with Crippen LogP contribution in [0.15, 0.2) is 72.1 Å². The molecular weight excluding hydrogens is 630 g/mol. The molecule has 0 saturated carbocycles. The number of carbonyl (C=O) groups is 2. The third-order valence-electron chi connectivity index (χ3n) is 8.00. The number of aromatic nitrogens is 3. The normalized spacial score (nSPS) is 19.0. The fourth-order valence-corrected chi connectivity index (χ4v) is 7.89. The molecule has 2 aromatic carbocycles. The Morgan fingerprint density at radius 2 is 1.61 bits per heavy atom.